The zero-order valence-electron chi connectivity index (χ0n) is 8.29. The number of rotatable bonds is 2. The number of hydrogen-bond acceptors (Lipinski definition) is 2. The van der Waals surface area contributed by atoms with Crippen LogP contribution in [-0.4, -0.2) is 14.7 Å². The van der Waals surface area contributed by atoms with Gasteiger partial charge in [0.25, 0.3) is 0 Å². The van der Waals surface area contributed by atoms with E-state index >= 15 is 0 Å². The largest absolute Gasteiger partial charge is 0.224 e. The molecule has 0 spiro atoms. The topological polar surface area (TPSA) is 34.1 Å². The Hall–Kier alpha value is -0.870. The van der Waals surface area contributed by atoms with Gasteiger partial charge in [-0.15, -0.1) is 0 Å². The fourth-order valence-electron chi connectivity index (χ4n) is 1.08. The van der Waals surface area contributed by atoms with Gasteiger partial charge >= 0.3 is 0 Å². The van der Waals surface area contributed by atoms with Crippen LogP contribution in [0.3, 0.4) is 0 Å². The molecule has 0 aromatic heterocycles. The molecule has 0 bridgehead atoms. The van der Waals surface area contributed by atoms with Crippen molar-refractivity contribution in [1.29, 1.82) is 0 Å². The highest BCUT2D eigenvalue weighted by Crippen LogP contribution is 2.24. The summed E-state index contributed by atoms with van der Waals surface area (Å²) in [5, 5.41) is 0.257. The standard InChI is InChI=1S/C10H10ClFO2S/c1-3-9(11)8-5-4-7(6-10(8)12)15(2,13)14/h3-6H,1-2H3/b9-3-. The highest BCUT2D eigenvalue weighted by molar-refractivity contribution is 7.90. The molecular weight excluding hydrogens is 239 g/mol. The Morgan fingerprint density at radius 3 is 2.47 bits per heavy atom. The van der Waals surface area contributed by atoms with Crippen molar-refractivity contribution in [3.05, 3.63) is 35.7 Å². The van der Waals surface area contributed by atoms with Crippen molar-refractivity contribution in [2.24, 2.45) is 0 Å². The summed E-state index contributed by atoms with van der Waals surface area (Å²) in [7, 11) is -3.38. The van der Waals surface area contributed by atoms with E-state index in [1.807, 2.05) is 0 Å². The maximum atomic E-state index is 13.4. The molecule has 0 aliphatic heterocycles. The van der Waals surface area contributed by atoms with Crippen molar-refractivity contribution in [3.8, 4) is 0 Å². The molecular formula is C10H10ClFO2S. The Bertz CT molecular complexity index is 506. The molecule has 0 atom stereocenters. The molecule has 0 amide bonds. The molecule has 1 aromatic rings. The Kier molecular flexibility index (Phi) is 3.52. The smallest absolute Gasteiger partial charge is 0.175 e. The van der Waals surface area contributed by atoms with E-state index in [1.165, 1.54) is 12.1 Å². The van der Waals surface area contributed by atoms with Crippen LogP contribution in [0.4, 0.5) is 4.39 Å². The minimum Gasteiger partial charge on any atom is -0.224 e. The van der Waals surface area contributed by atoms with Crippen LogP contribution in [0.1, 0.15) is 12.5 Å². The summed E-state index contributed by atoms with van der Waals surface area (Å²) < 4.78 is 35.7. The maximum absolute atomic E-state index is 13.4. The predicted octanol–water partition coefficient (Wildman–Crippen LogP) is 2.83. The van der Waals surface area contributed by atoms with Crippen LogP contribution in [0.2, 0.25) is 0 Å². The molecule has 0 aliphatic carbocycles. The average Bonchev–Trinajstić information content (AvgIpc) is 2.15. The van der Waals surface area contributed by atoms with Crippen LogP contribution in [0.5, 0.6) is 0 Å². The van der Waals surface area contributed by atoms with Gasteiger partial charge in [-0.2, -0.15) is 0 Å². The van der Waals surface area contributed by atoms with E-state index in [2.05, 4.69) is 0 Å². The Morgan fingerprint density at radius 1 is 1.47 bits per heavy atom. The van der Waals surface area contributed by atoms with Crippen molar-refractivity contribution in [2.45, 2.75) is 11.8 Å². The molecule has 15 heavy (non-hydrogen) atoms. The summed E-state index contributed by atoms with van der Waals surface area (Å²) in [4.78, 5) is -0.0516. The van der Waals surface area contributed by atoms with Crippen LogP contribution in [-0.2, 0) is 9.84 Å². The van der Waals surface area contributed by atoms with Crippen LogP contribution in [0.15, 0.2) is 29.2 Å². The quantitative estimate of drug-likeness (QED) is 0.807. The molecule has 5 heteroatoms. The van der Waals surface area contributed by atoms with E-state index in [1.54, 1.807) is 13.0 Å². The highest BCUT2D eigenvalue weighted by atomic mass is 35.5. The number of halogens is 2. The minimum absolute atomic E-state index is 0.0516. The van der Waals surface area contributed by atoms with Crippen molar-refractivity contribution >= 4 is 26.5 Å². The van der Waals surface area contributed by atoms with Gasteiger partial charge < -0.3 is 0 Å². The monoisotopic (exact) mass is 248 g/mol. The summed E-state index contributed by atoms with van der Waals surface area (Å²) in [5.74, 6) is -0.638. The first-order valence-corrected chi connectivity index (χ1v) is 6.45. The van der Waals surface area contributed by atoms with Gasteiger partial charge in [0.2, 0.25) is 0 Å². The number of hydrogen-bond donors (Lipinski definition) is 0. The van der Waals surface area contributed by atoms with E-state index < -0.39 is 15.7 Å². The van der Waals surface area contributed by atoms with Gasteiger partial charge in [0.05, 0.1) is 4.90 Å². The van der Waals surface area contributed by atoms with E-state index in [4.69, 9.17) is 11.6 Å². The van der Waals surface area contributed by atoms with Gasteiger partial charge in [0.1, 0.15) is 5.82 Å². The third kappa shape index (κ3) is 2.79. The second kappa shape index (κ2) is 4.33. The Labute approximate surface area is 93.3 Å². The molecule has 0 aliphatic rings. The van der Waals surface area contributed by atoms with Crippen molar-refractivity contribution < 1.29 is 12.8 Å². The number of benzene rings is 1. The van der Waals surface area contributed by atoms with E-state index in [0.717, 1.165) is 12.3 Å². The van der Waals surface area contributed by atoms with Gasteiger partial charge in [-0.25, -0.2) is 12.8 Å². The third-order valence-corrected chi connectivity index (χ3v) is 3.41. The molecule has 0 heterocycles. The first kappa shape index (κ1) is 12.2. The lowest BCUT2D eigenvalue weighted by atomic mass is 10.2. The zero-order chi connectivity index (χ0) is 11.6. The minimum atomic E-state index is -3.38. The second-order valence-electron chi connectivity index (χ2n) is 3.05. The molecule has 0 unspecified atom stereocenters. The molecule has 0 fully saturated rings. The molecule has 1 rings (SSSR count). The predicted molar refractivity (Wildman–Crippen MR) is 59.0 cm³/mol. The summed E-state index contributed by atoms with van der Waals surface area (Å²) in [6.45, 7) is 1.67. The van der Waals surface area contributed by atoms with E-state index in [0.29, 0.717) is 0 Å². The zero-order valence-corrected chi connectivity index (χ0v) is 9.86. The van der Waals surface area contributed by atoms with Crippen LogP contribution >= 0.6 is 11.6 Å². The average molecular weight is 249 g/mol. The van der Waals surface area contributed by atoms with Crippen molar-refractivity contribution in [1.82, 2.24) is 0 Å². The number of allylic oxidation sites excluding steroid dienone is 1. The first-order chi connectivity index (χ1) is 6.86. The Morgan fingerprint density at radius 2 is 2.07 bits per heavy atom. The SMILES string of the molecule is C/C=C(\Cl)c1ccc(S(C)(=O)=O)cc1F. The lowest BCUT2D eigenvalue weighted by Crippen LogP contribution is -1.98. The van der Waals surface area contributed by atoms with Gasteiger partial charge in [0.15, 0.2) is 9.84 Å². The highest BCUT2D eigenvalue weighted by Gasteiger charge is 2.12. The molecule has 0 saturated heterocycles. The Balaban J connectivity index is 3.33. The summed E-state index contributed by atoms with van der Waals surface area (Å²) in [6.07, 6.45) is 2.57. The van der Waals surface area contributed by atoms with Crippen LogP contribution < -0.4 is 0 Å². The van der Waals surface area contributed by atoms with E-state index in [-0.39, 0.29) is 15.5 Å². The molecule has 0 radical (unpaired) electrons. The summed E-state index contributed by atoms with van der Waals surface area (Å²) >= 11 is 5.73. The molecule has 82 valence electrons. The lowest BCUT2D eigenvalue weighted by Gasteiger charge is -2.03. The molecule has 2 nitrogen and oxygen atoms in total. The maximum Gasteiger partial charge on any atom is 0.175 e. The third-order valence-electron chi connectivity index (χ3n) is 1.88. The lowest BCUT2D eigenvalue weighted by molar-refractivity contribution is 0.595. The molecule has 0 N–H and O–H groups in total. The van der Waals surface area contributed by atoms with Gasteiger partial charge in [-0.1, -0.05) is 17.7 Å². The van der Waals surface area contributed by atoms with Gasteiger partial charge in [-0.05, 0) is 25.1 Å². The number of sulfone groups is 1. The normalized spacial score (nSPS) is 12.9. The second-order valence-corrected chi connectivity index (χ2v) is 5.47. The summed E-state index contributed by atoms with van der Waals surface area (Å²) in [6, 6.07) is 3.66. The van der Waals surface area contributed by atoms with Gasteiger partial charge in [0, 0.05) is 16.9 Å². The van der Waals surface area contributed by atoms with E-state index in [9.17, 15) is 12.8 Å². The molecule has 1 aromatic carbocycles. The van der Waals surface area contributed by atoms with Crippen molar-refractivity contribution in [2.75, 3.05) is 6.26 Å². The summed E-state index contributed by atoms with van der Waals surface area (Å²) in [5.41, 5.74) is 0.201. The van der Waals surface area contributed by atoms with Crippen LogP contribution in [0, 0.1) is 5.82 Å². The fraction of sp³-hybridized carbons (Fsp3) is 0.200. The van der Waals surface area contributed by atoms with Crippen molar-refractivity contribution in [3.63, 3.8) is 0 Å². The van der Waals surface area contributed by atoms with Crippen LogP contribution in [0.25, 0.3) is 5.03 Å². The van der Waals surface area contributed by atoms with Gasteiger partial charge in [-0.3, -0.25) is 0 Å². The molecule has 0 saturated carbocycles. The fourth-order valence-corrected chi connectivity index (χ4v) is 1.86. The first-order valence-electron chi connectivity index (χ1n) is 4.18.